The van der Waals surface area contributed by atoms with Gasteiger partial charge in [-0.2, -0.15) is 10.1 Å². The number of amides is 2. The van der Waals surface area contributed by atoms with Crippen LogP contribution in [0.4, 0.5) is 4.79 Å². The number of fused-ring (bicyclic) bond motifs is 1. The van der Waals surface area contributed by atoms with Crippen molar-refractivity contribution in [1.82, 2.24) is 20.0 Å². The molecule has 0 unspecified atom stereocenters. The third-order valence-electron chi connectivity index (χ3n) is 4.19. The predicted octanol–water partition coefficient (Wildman–Crippen LogP) is 1.41. The monoisotopic (exact) mass is 369 g/mol. The Balaban J connectivity index is 1.93. The molecule has 9 heteroatoms. The molecular weight excluding hydrogens is 350 g/mol. The van der Waals surface area contributed by atoms with Gasteiger partial charge in [-0.3, -0.25) is 0 Å². The van der Waals surface area contributed by atoms with Gasteiger partial charge in [-0.05, 0) is 19.1 Å². The number of nitrogens with one attached hydrogen (secondary N) is 1. The van der Waals surface area contributed by atoms with Crippen LogP contribution in [-0.4, -0.2) is 52.6 Å². The molecule has 1 aliphatic rings. The van der Waals surface area contributed by atoms with Gasteiger partial charge >= 0.3 is 12.0 Å². The van der Waals surface area contributed by atoms with E-state index in [0.29, 0.717) is 18.5 Å². The highest BCUT2D eigenvalue weighted by Gasteiger charge is 2.31. The highest BCUT2D eigenvalue weighted by atomic mass is 16.5. The van der Waals surface area contributed by atoms with Crippen LogP contribution in [0.15, 0.2) is 35.3 Å². The maximum atomic E-state index is 12.4. The van der Waals surface area contributed by atoms with E-state index in [1.165, 1.54) is 6.08 Å². The number of para-hydroxylation sites is 1. The molecular formula is C18H19N5O4. The Morgan fingerprint density at radius 3 is 2.81 bits per heavy atom. The van der Waals surface area contributed by atoms with Crippen LogP contribution in [0.1, 0.15) is 28.7 Å². The number of aromatic nitrogens is 2. The standard InChI is InChI=1S/C18H19N5O4/c1-2-27-17(25)16-14-10-22(18(26)20-11-19-12-24)9-8-15(14)23(21-16)13-6-4-3-5-7-13/h3-7H,2,8-11H2,1H3,(H,20,26). The molecule has 0 aliphatic carbocycles. The molecule has 0 bridgehead atoms. The van der Waals surface area contributed by atoms with E-state index in [4.69, 9.17) is 4.74 Å². The second kappa shape index (κ2) is 8.29. The largest absolute Gasteiger partial charge is 0.461 e. The maximum Gasteiger partial charge on any atom is 0.359 e. The smallest absolute Gasteiger partial charge is 0.359 e. The number of ether oxygens (including phenoxy) is 1. The second-order valence-electron chi connectivity index (χ2n) is 5.80. The molecule has 2 aromatic rings. The van der Waals surface area contributed by atoms with Gasteiger partial charge in [0.2, 0.25) is 6.08 Å². The number of urea groups is 1. The summed E-state index contributed by atoms with van der Waals surface area (Å²) in [5.74, 6) is -0.517. The topological polar surface area (TPSA) is 106 Å². The summed E-state index contributed by atoms with van der Waals surface area (Å²) >= 11 is 0. The second-order valence-corrected chi connectivity index (χ2v) is 5.80. The molecule has 0 saturated carbocycles. The fourth-order valence-corrected chi connectivity index (χ4v) is 2.99. The maximum absolute atomic E-state index is 12.4. The number of nitrogens with zero attached hydrogens (tertiary/aromatic N) is 4. The van der Waals surface area contributed by atoms with Crippen molar-refractivity contribution in [2.45, 2.75) is 19.9 Å². The minimum atomic E-state index is -0.517. The molecule has 0 radical (unpaired) electrons. The molecule has 2 heterocycles. The van der Waals surface area contributed by atoms with E-state index in [1.54, 1.807) is 16.5 Å². The molecule has 2 amide bonds. The summed E-state index contributed by atoms with van der Waals surface area (Å²) < 4.78 is 6.86. The number of rotatable bonds is 5. The van der Waals surface area contributed by atoms with Crippen molar-refractivity contribution in [2.24, 2.45) is 4.99 Å². The van der Waals surface area contributed by atoms with Crippen molar-refractivity contribution in [3.05, 3.63) is 47.3 Å². The zero-order chi connectivity index (χ0) is 19.2. The minimum absolute atomic E-state index is 0.139. The first-order valence-corrected chi connectivity index (χ1v) is 8.55. The van der Waals surface area contributed by atoms with Crippen LogP contribution in [0.5, 0.6) is 0 Å². The summed E-state index contributed by atoms with van der Waals surface area (Å²) in [7, 11) is 0. The van der Waals surface area contributed by atoms with E-state index in [-0.39, 0.29) is 31.5 Å². The Morgan fingerprint density at radius 2 is 2.11 bits per heavy atom. The van der Waals surface area contributed by atoms with Gasteiger partial charge in [0.1, 0.15) is 6.67 Å². The average molecular weight is 369 g/mol. The third kappa shape index (κ3) is 3.88. The van der Waals surface area contributed by atoms with Gasteiger partial charge in [0.05, 0.1) is 24.5 Å². The van der Waals surface area contributed by atoms with Crippen molar-refractivity contribution >= 4 is 18.1 Å². The molecule has 1 aromatic heterocycles. The molecule has 1 N–H and O–H groups in total. The number of isocyanates is 1. The Kier molecular flexibility index (Phi) is 5.63. The minimum Gasteiger partial charge on any atom is -0.461 e. The first kappa shape index (κ1) is 18.3. The molecule has 0 saturated heterocycles. The van der Waals surface area contributed by atoms with Gasteiger partial charge in [0.25, 0.3) is 0 Å². The van der Waals surface area contributed by atoms with Crippen LogP contribution in [0, 0.1) is 0 Å². The SMILES string of the molecule is CCOC(=O)c1nn(-c2ccccc2)c2c1CN(C(=O)NCN=C=O)CC2. The van der Waals surface area contributed by atoms with E-state index in [9.17, 15) is 14.4 Å². The lowest BCUT2D eigenvalue weighted by Crippen LogP contribution is -2.43. The Bertz CT molecular complexity index is 887. The fraction of sp³-hybridized carbons (Fsp3) is 0.333. The normalized spacial score (nSPS) is 12.7. The van der Waals surface area contributed by atoms with Crippen molar-refractivity contribution in [2.75, 3.05) is 19.8 Å². The van der Waals surface area contributed by atoms with Crippen LogP contribution in [-0.2, 0) is 22.5 Å². The van der Waals surface area contributed by atoms with Crippen molar-refractivity contribution < 1.29 is 19.1 Å². The number of hydrogen-bond donors (Lipinski definition) is 1. The summed E-state index contributed by atoms with van der Waals surface area (Å²) in [6, 6.07) is 9.12. The highest BCUT2D eigenvalue weighted by Crippen LogP contribution is 2.26. The quantitative estimate of drug-likeness (QED) is 0.487. The summed E-state index contributed by atoms with van der Waals surface area (Å²) in [4.78, 5) is 39.6. The van der Waals surface area contributed by atoms with Gasteiger partial charge in [0, 0.05) is 18.5 Å². The third-order valence-corrected chi connectivity index (χ3v) is 4.19. The lowest BCUT2D eigenvalue weighted by Gasteiger charge is -2.27. The molecule has 0 spiro atoms. The van der Waals surface area contributed by atoms with E-state index in [1.807, 2.05) is 30.3 Å². The molecule has 0 fully saturated rings. The van der Waals surface area contributed by atoms with Crippen LogP contribution in [0.3, 0.4) is 0 Å². The van der Waals surface area contributed by atoms with E-state index < -0.39 is 5.97 Å². The summed E-state index contributed by atoms with van der Waals surface area (Å²) in [6.07, 6.45) is 1.90. The molecule has 0 atom stereocenters. The Morgan fingerprint density at radius 1 is 1.33 bits per heavy atom. The number of hydrogen-bond acceptors (Lipinski definition) is 6. The highest BCUT2D eigenvalue weighted by molar-refractivity contribution is 5.89. The van der Waals surface area contributed by atoms with Crippen molar-refractivity contribution in [3.8, 4) is 5.69 Å². The molecule has 140 valence electrons. The molecule has 27 heavy (non-hydrogen) atoms. The van der Waals surface area contributed by atoms with Gasteiger partial charge < -0.3 is 15.0 Å². The zero-order valence-electron chi connectivity index (χ0n) is 14.8. The summed E-state index contributed by atoms with van der Waals surface area (Å²) in [5, 5.41) is 6.97. The molecule has 3 rings (SSSR count). The van der Waals surface area contributed by atoms with E-state index >= 15 is 0 Å². The van der Waals surface area contributed by atoms with Gasteiger partial charge in [-0.1, -0.05) is 18.2 Å². The molecule has 1 aliphatic heterocycles. The zero-order valence-corrected chi connectivity index (χ0v) is 14.8. The van der Waals surface area contributed by atoms with Crippen molar-refractivity contribution in [3.63, 3.8) is 0 Å². The number of carbonyl (C=O) groups excluding carboxylic acids is 3. The fourth-order valence-electron chi connectivity index (χ4n) is 2.99. The van der Waals surface area contributed by atoms with Crippen LogP contribution >= 0.6 is 0 Å². The van der Waals surface area contributed by atoms with E-state index in [0.717, 1.165) is 11.4 Å². The van der Waals surface area contributed by atoms with Gasteiger partial charge in [-0.15, -0.1) is 0 Å². The summed E-state index contributed by atoms with van der Waals surface area (Å²) in [6.45, 7) is 2.49. The first-order chi connectivity index (χ1) is 13.2. The number of esters is 1. The predicted molar refractivity (Wildman–Crippen MR) is 95.2 cm³/mol. The average Bonchev–Trinajstić information content (AvgIpc) is 3.08. The van der Waals surface area contributed by atoms with Gasteiger partial charge in [0.15, 0.2) is 5.69 Å². The van der Waals surface area contributed by atoms with Gasteiger partial charge in [-0.25, -0.2) is 19.1 Å². The Hall–Kier alpha value is -3.45. The van der Waals surface area contributed by atoms with Crippen LogP contribution < -0.4 is 5.32 Å². The lowest BCUT2D eigenvalue weighted by atomic mass is 10.1. The first-order valence-electron chi connectivity index (χ1n) is 8.55. The summed E-state index contributed by atoms with van der Waals surface area (Å²) in [5.41, 5.74) is 2.58. The van der Waals surface area contributed by atoms with Crippen LogP contribution in [0.25, 0.3) is 5.69 Å². The lowest BCUT2D eigenvalue weighted by molar-refractivity contribution is 0.0516. The van der Waals surface area contributed by atoms with Crippen LogP contribution in [0.2, 0.25) is 0 Å². The Labute approximate surface area is 155 Å². The molecule has 9 nitrogen and oxygen atoms in total. The molecule has 1 aromatic carbocycles. The number of carbonyl (C=O) groups is 2. The number of aliphatic imine (C=N–C) groups is 1. The van der Waals surface area contributed by atoms with E-state index in [2.05, 4.69) is 15.4 Å². The number of benzene rings is 1. The van der Waals surface area contributed by atoms with Crippen molar-refractivity contribution in [1.29, 1.82) is 0 Å².